The number of hydrogen-bond donors (Lipinski definition) is 3. The molecule has 1 unspecified atom stereocenters. The van der Waals surface area contributed by atoms with Crippen LogP contribution < -0.4 is 16.4 Å². The molecular formula is C8H19N3O2. The van der Waals surface area contributed by atoms with Crippen LogP contribution in [0.5, 0.6) is 0 Å². The lowest BCUT2D eigenvalue weighted by molar-refractivity contribution is -0.121. The predicted molar refractivity (Wildman–Crippen MR) is 51.4 cm³/mol. The van der Waals surface area contributed by atoms with Crippen LogP contribution in [0.2, 0.25) is 0 Å². The van der Waals surface area contributed by atoms with E-state index in [-0.39, 0.29) is 11.9 Å². The maximum atomic E-state index is 11.0. The predicted octanol–water partition coefficient (Wildman–Crippen LogP) is -1.31. The van der Waals surface area contributed by atoms with E-state index >= 15 is 0 Å². The van der Waals surface area contributed by atoms with Crippen molar-refractivity contribution >= 4 is 5.91 Å². The Morgan fingerprint density at radius 3 is 2.77 bits per heavy atom. The summed E-state index contributed by atoms with van der Waals surface area (Å²) in [5, 5.41) is 5.68. The van der Waals surface area contributed by atoms with Crippen LogP contribution in [0.4, 0.5) is 0 Å². The average Bonchev–Trinajstić information content (AvgIpc) is 2.16. The van der Waals surface area contributed by atoms with Crippen molar-refractivity contribution in [1.82, 2.24) is 10.6 Å². The number of carbonyl (C=O) groups excluding carboxylic acids is 1. The first-order valence-electron chi connectivity index (χ1n) is 4.37. The normalized spacial score (nSPS) is 12.5. The molecule has 0 aliphatic heterocycles. The van der Waals surface area contributed by atoms with Gasteiger partial charge in [-0.15, -0.1) is 0 Å². The number of hydrogen-bond acceptors (Lipinski definition) is 4. The highest BCUT2D eigenvalue weighted by molar-refractivity contribution is 5.76. The zero-order chi connectivity index (χ0) is 10.1. The van der Waals surface area contributed by atoms with Gasteiger partial charge in [0, 0.05) is 39.7 Å². The van der Waals surface area contributed by atoms with Gasteiger partial charge in [0.15, 0.2) is 0 Å². The molecule has 1 atom stereocenters. The molecule has 0 fully saturated rings. The molecule has 0 saturated heterocycles. The fourth-order valence-electron chi connectivity index (χ4n) is 0.930. The molecule has 78 valence electrons. The smallest absolute Gasteiger partial charge is 0.221 e. The summed E-state index contributed by atoms with van der Waals surface area (Å²) in [5.74, 6) is 0.000340. The third-order valence-electron chi connectivity index (χ3n) is 1.73. The number of ether oxygens (including phenoxy) is 1. The summed E-state index contributed by atoms with van der Waals surface area (Å²) >= 11 is 0. The molecule has 0 aliphatic carbocycles. The second-order valence-corrected chi connectivity index (χ2v) is 2.76. The maximum absolute atomic E-state index is 11.0. The summed E-state index contributed by atoms with van der Waals surface area (Å²) in [4.78, 5) is 11.0. The van der Waals surface area contributed by atoms with E-state index in [2.05, 4.69) is 10.6 Å². The Bertz CT molecular complexity index is 141. The van der Waals surface area contributed by atoms with E-state index < -0.39 is 0 Å². The highest BCUT2D eigenvalue weighted by Gasteiger charge is 2.09. The molecule has 0 aromatic heterocycles. The third kappa shape index (κ3) is 6.51. The van der Waals surface area contributed by atoms with Gasteiger partial charge < -0.3 is 21.1 Å². The molecular weight excluding hydrogens is 170 g/mol. The van der Waals surface area contributed by atoms with Crippen molar-refractivity contribution in [2.24, 2.45) is 5.73 Å². The number of nitrogens with one attached hydrogen (secondary N) is 2. The van der Waals surface area contributed by atoms with Crippen molar-refractivity contribution in [3.05, 3.63) is 0 Å². The second kappa shape index (κ2) is 7.97. The SMILES string of the molecule is CNC(=O)CC(CN)NCCOC. The highest BCUT2D eigenvalue weighted by atomic mass is 16.5. The molecule has 4 N–H and O–H groups in total. The monoisotopic (exact) mass is 189 g/mol. The van der Waals surface area contributed by atoms with Gasteiger partial charge in [-0.2, -0.15) is 0 Å². The lowest BCUT2D eigenvalue weighted by Crippen LogP contribution is -2.41. The van der Waals surface area contributed by atoms with E-state index in [0.29, 0.717) is 19.6 Å². The molecule has 0 bridgehead atoms. The Morgan fingerprint density at radius 1 is 1.62 bits per heavy atom. The van der Waals surface area contributed by atoms with Gasteiger partial charge in [0.05, 0.1) is 6.61 Å². The zero-order valence-electron chi connectivity index (χ0n) is 8.30. The van der Waals surface area contributed by atoms with Crippen LogP contribution in [0.15, 0.2) is 0 Å². The molecule has 5 nitrogen and oxygen atoms in total. The van der Waals surface area contributed by atoms with Crippen LogP contribution >= 0.6 is 0 Å². The van der Waals surface area contributed by atoms with E-state index in [4.69, 9.17) is 10.5 Å². The van der Waals surface area contributed by atoms with Gasteiger partial charge in [-0.25, -0.2) is 0 Å². The highest BCUT2D eigenvalue weighted by Crippen LogP contribution is 1.88. The van der Waals surface area contributed by atoms with Gasteiger partial charge in [-0.05, 0) is 0 Å². The first-order chi connectivity index (χ1) is 6.24. The number of amides is 1. The minimum atomic E-state index is 0.000340. The maximum Gasteiger partial charge on any atom is 0.221 e. The van der Waals surface area contributed by atoms with Crippen molar-refractivity contribution in [2.45, 2.75) is 12.5 Å². The molecule has 0 radical (unpaired) electrons. The number of rotatable bonds is 7. The second-order valence-electron chi connectivity index (χ2n) is 2.76. The minimum Gasteiger partial charge on any atom is -0.383 e. The third-order valence-corrected chi connectivity index (χ3v) is 1.73. The first kappa shape index (κ1) is 12.3. The molecule has 0 aliphatic rings. The molecule has 1 amide bonds. The van der Waals surface area contributed by atoms with E-state index in [1.165, 1.54) is 0 Å². The van der Waals surface area contributed by atoms with Crippen LogP contribution in [0, 0.1) is 0 Å². The molecule has 0 rings (SSSR count). The van der Waals surface area contributed by atoms with Crippen molar-refractivity contribution in [1.29, 1.82) is 0 Å². The molecule has 0 aromatic rings. The molecule has 0 aromatic carbocycles. The van der Waals surface area contributed by atoms with Gasteiger partial charge in [-0.3, -0.25) is 4.79 Å². The van der Waals surface area contributed by atoms with Gasteiger partial charge >= 0.3 is 0 Å². The summed E-state index contributed by atoms with van der Waals surface area (Å²) in [6.07, 6.45) is 0.413. The van der Waals surface area contributed by atoms with Crippen molar-refractivity contribution in [2.75, 3.05) is 33.9 Å². The molecule has 5 heteroatoms. The Kier molecular flexibility index (Phi) is 7.57. The molecule has 0 heterocycles. The Morgan fingerprint density at radius 2 is 2.31 bits per heavy atom. The molecule has 0 spiro atoms. The fourth-order valence-corrected chi connectivity index (χ4v) is 0.930. The van der Waals surface area contributed by atoms with Crippen LogP contribution in [-0.4, -0.2) is 45.8 Å². The van der Waals surface area contributed by atoms with Gasteiger partial charge in [0.25, 0.3) is 0 Å². The quantitative estimate of drug-likeness (QED) is 0.434. The summed E-state index contributed by atoms with van der Waals surface area (Å²) < 4.78 is 4.86. The first-order valence-corrected chi connectivity index (χ1v) is 4.37. The van der Waals surface area contributed by atoms with E-state index in [0.717, 1.165) is 6.54 Å². The van der Waals surface area contributed by atoms with Crippen LogP contribution in [0.3, 0.4) is 0 Å². The van der Waals surface area contributed by atoms with Crippen LogP contribution in [0.25, 0.3) is 0 Å². The Balaban J connectivity index is 3.56. The minimum absolute atomic E-state index is 0.000340. The largest absolute Gasteiger partial charge is 0.383 e. The topological polar surface area (TPSA) is 76.4 Å². The standard InChI is InChI=1S/C8H19N3O2/c1-10-8(12)5-7(6-9)11-3-4-13-2/h7,11H,3-6,9H2,1-2H3,(H,10,12). The summed E-state index contributed by atoms with van der Waals surface area (Å²) in [5.41, 5.74) is 5.47. The van der Waals surface area contributed by atoms with Crippen molar-refractivity contribution in [3.63, 3.8) is 0 Å². The summed E-state index contributed by atoms with van der Waals surface area (Å²) in [6.45, 7) is 1.80. The summed E-state index contributed by atoms with van der Waals surface area (Å²) in [7, 11) is 3.25. The van der Waals surface area contributed by atoms with Gasteiger partial charge in [-0.1, -0.05) is 0 Å². The number of methoxy groups -OCH3 is 1. The van der Waals surface area contributed by atoms with Gasteiger partial charge in [0.2, 0.25) is 5.91 Å². The zero-order valence-corrected chi connectivity index (χ0v) is 8.30. The Labute approximate surface area is 79.0 Å². The summed E-state index contributed by atoms with van der Waals surface area (Å²) in [6, 6.07) is 0.0371. The van der Waals surface area contributed by atoms with Crippen LogP contribution in [-0.2, 0) is 9.53 Å². The van der Waals surface area contributed by atoms with Crippen molar-refractivity contribution < 1.29 is 9.53 Å². The van der Waals surface area contributed by atoms with E-state index in [1.807, 2.05) is 0 Å². The lowest BCUT2D eigenvalue weighted by atomic mass is 10.2. The lowest BCUT2D eigenvalue weighted by Gasteiger charge is -2.15. The van der Waals surface area contributed by atoms with E-state index in [9.17, 15) is 4.79 Å². The average molecular weight is 189 g/mol. The van der Waals surface area contributed by atoms with Crippen molar-refractivity contribution in [3.8, 4) is 0 Å². The molecule has 0 saturated carbocycles. The van der Waals surface area contributed by atoms with Crippen LogP contribution in [0.1, 0.15) is 6.42 Å². The number of carbonyl (C=O) groups is 1. The fraction of sp³-hybridized carbons (Fsp3) is 0.875. The molecule has 13 heavy (non-hydrogen) atoms. The number of nitrogens with two attached hydrogens (primary N) is 1. The van der Waals surface area contributed by atoms with Gasteiger partial charge in [0.1, 0.15) is 0 Å². The Hall–Kier alpha value is -0.650. The van der Waals surface area contributed by atoms with E-state index in [1.54, 1.807) is 14.2 Å².